The molecule has 0 aliphatic heterocycles. The predicted octanol–water partition coefficient (Wildman–Crippen LogP) is 3.01. The first kappa shape index (κ1) is 14.0. The van der Waals surface area contributed by atoms with Crippen LogP contribution in [0.1, 0.15) is 59.3 Å². The molecule has 1 fully saturated rings. The topological polar surface area (TPSA) is 29.3 Å². The molecule has 1 aliphatic carbocycles. The third kappa shape index (κ3) is 4.84. The molecule has 0 aromatic carbocycles. The smallest absolute Gasteiger partial charge is 0.0118 e. The van der Waals surface area contributed by atoms with E-state index in [-0.39, 0.29) is 5.54 Å². The minimum Gasteiger partial charge on any atom is -0.326 e. The van der Waals surface area contributed by atoms with E-state index in [2.05, 4.69) is 32.7 Å². The molecule has 0 aromatic heterocycles. The molecule has 1 saturated carbocycles. The third-order valence-corrected chi connectivity index (χ3v) is 3.96. The molecule has 2 N–H and O–H groups in total. The van der Waals surface area contributed by atoms with Gasteiger partial charge in [0, 0.05) is 11.6 Å². The molecule has 2 atom stereocenters. The minimum absolute atomic E-state index is 0.000971. The summed E-state index contributed by atoms with van der Waals surface area (Å²) in [4.78, 5) is 2.57. The Bertz CT molecular complexity index is 195. The minimum atomic E-state index is -0.000971. The van der Waals surface area contributed by atoms with Crippen LogP contribution in [0.25, 0.3) is 0 Å². The molecule has 1 aliphatic rings. The predicted molar refractivity (Wildman–Crippen MR) is 71.6 cm³/mol. The molecular formula is C14H30N2. The molecule has 0 radical (unpaired) electrons. The zero-order chi connectivity index (χ0) is 12.2. The Kier molecular flexibility index (Phi) is 5.26. The first-order valence-electron chi connectivity index (χ1n) is 6.89. The first-order chi connectivity index (χ1) is 7.40. The van der Waals surface area contributed by atoms with Gasteiger partial charge in [-0.1, -0.05) is 19.8 Å². The van der Waals surface area contributed by atoms with Gasteiger partial charge in [0.15, 0.2) is 0 Å². The fraction of sp³-hybridized carbons (Fsp3) is 1.00. The van der Waals surface area contributed by atoms with Crippen LogP contribution in [0.4, 0.5) is 0 Å². The van der Waals surface area contributed by atoms with Crippen LogP contribution in [0.5, 0.6) is 0 Å². The Hall–Kier alpha value is -0.0800. The molecule has 2 nitrogen and oxygen atoms in total. The van der Waals surface area contributed by atoms with Crippen molar-refractivity contribution in [2.45, 2.75) is 70.9 Å². The fourth-order valence-corrected chi connectivity index (χ4v) is 2.90. The molecule has 0 amide bonds. The van der Waals surface area contributed by atoms with Crippen molar-refractivity contribution < 1.29 is 0 Å². The van der Waals surface area contributed by atoms with Gasteiger partial charge in [0.2, 0.25) is 0 Å². The van der Waals surface area contributed by atoms with Crippen molar-refractivity contribution in [3.05, 3.63) is 0 Å². The standard InChI is InChI=1S/C14H30N2/c1-12-8-5-6-9-13(12)16(4)11-7-10-14(2,3)15/h12-13H,5-11,15H2,1-4H3. The Labute approximate surface area is 102 Å². The first-order valence-corrected chi connectivity index (χ1v) is 6.89. The summed E-state index contributed by atoms with van der Waals surface area (Å²) in [5, 5.41) is 0. The summed E-state index contributed by atoms with van der Waals surface area (Å²) < 4.78 is 0. The van der Waals surface area contributed by atoms with Crippen LogP contribution in [0.2, 0.25) is 0 Å². The lowest BCUT2D eigenvalue weighted by Crippen LogP contribution is -2.40. The van der Waals surface area contributed by atoms with E-state index in [0.717, 1.165) is 18.4 Å². The molecular weight excluding hydrogens is 196 g/mol. The second kappa shape index (κ2) is 6.02. The van der Waals surface area contributed by atoms with Gasteiger partial charge < -0.3 is 10.6 Å². The summed E-state index contributed by atoms with van der Waals surface area (Å²) in [6.45, 7) is 7.86. The Morgan fingerprint density at radius 2 is 1.88 bits per heavy atom. The highest BCUT2D eigenvalue weighted by Gasteiger charge is 2.24. The van der Waals surface area contributed by atoms with Crippen molar-refractivity contribution in [2.24, 2.45) is 11.7 Å². The van der Waals surface area contributed by atoms with Crippen LogP contribution >= 0.6 is 0 Å². The highest BCUT2D eigenvalue weighted by Crippen LogP contribution is 2.27. The van der Waals surface area contributed by atoms with Gasteiger partial charge in [0.05, 0.1) is 0 Å². The van der Waals surface area contributed by atoms with E-state index in [1.807, 2.05) is 0 Å². The summed E-state index contributed by atoms with van der Waals surface area (Å²) in [5.41, 5.74) is 6.01. The molecule has 2 heteroatoms. The average molecular weight is 226 g/mol. The van der Waals surface area contributed by atoms with E-state index in [0.29, 0.717) is 0 Å². The number of rotatable bonds is 5. The van der Waals surface area contributed by atoms with Gasteiger partial charge in [-0.3, -0.25) is 0 Å². The zero-order valence-corrected chi connectivity index (χ0v) is 11.6. The zero-order valence-electron chi connectivity index (χ0n) is 11.6. The molecule has 16 heavy (non-hydrogen) atoms. The van der Waals surface area contributed by atoms with Crippen molar-refractivity contribution >= 4 is 0 Å². The van der Waals surface area contributed by atoms with E-state index < -0.39 is 0 Å². The monoisotopic (exact) mass is 226 g/mol. The molecule has 0 bridgehead atoms. The molecule has 96 valence electrons. The molecule has 0 spiro atoms. The van der Waals surface area contributed by atoms with Crippen molar-refractivity contribution in [3.63, 3.8) is 0 Å². The maximum Gasteiger partial charge on any atom is 0.0118 e. The van der Waals surface area contributed by atoms with Crippen LogP contribution < -0.4 is 5.73 Å². The van der Waals surface area contributed by atoms with Crippen molar-refractivity contribution in [3.8, 4) is 0 Å². The number of nitrogens with zero attached hydrogens (tertiary/aromatic N) is 1. The molecule has 0 heterocycles. The van der Waals surface area contributed by atoms with Crippen molar-refractivity contribution in [1.82, 2.24) is 4.90 Å². The fourth-order valence-electron chi connectivity index (χ4n) is 2.90. The van der Waals surface area contributed by atoms with E-state index in [1.54, 1.807) is 0 Å². The molecule has 2 unspecified atom stereocenters. The van der Waals surface area contributed by atoms with E-state index in [9.17, 15) is 0 Å². The van der Waals surface area contributed by atoms with Crippen molar-refractivity contribution in [1.29, 1.82) is 0 Å². The van der Waals surface area contributed by atoms with Gasteiger partial charge in [-0.15, -0.1) is 0 Å². The normalized spacial score (nSPS) is 27.4. The van der Waals surface area contributed by atoms with Crippen LogP contribution in [0, 0.1) is 5.92 Å². The second-order valence-electron chi connectivity index (χ2n) is 6.40. The Morgan fingerprint density at radius 1 is 1.25 bits per heavy atom. The van der Waals surface area contributed by atoms with Crippen molar-refractivity contribution in [2.75, 3.05) is 13.6 Å². The van der Waals surface area contributed by atoms with E-state index >= 15 is 0 Å². The van der Waals surface area contributed by atoms with Gasteiger partial charge >= 0.3 is 0 Å². The molecule has 1 rings (SSSR count). The summed E-state index contributed by atoms with van der Waals surface area (Å²) in [7, 11) is 2.29. The largest absolute Gasteiger partial charge is 0.326 e. The lowest BCUT2D eigenvalue weighted by atomic mass is 9.85. The number of hydrogen-bond donors (Lipinski definition) is 1. The SMILES string of the molecule is CC1CCCCC1N(C)CCCC(C)(C)N. The maximum atomic E-state index is 6.01. The van der Waals surface area contributed by atoms with Crippen LogP contribution in [0.3, 0.4) is 0 Å². The summed E-state index contributed by atoms with van der Waals surface area (Å²) in [6, 6.07) is 0.814. The van der Waals surface area contributed by atoms with Gasteiger partial charge in [0.25, 0.3) is 0 Å². The van der Waals surface area contributed by atoms with Crippen LogP contribution in [0.15, 0.2) is 0 Å². The van der Waals surface area contributed by atoms with Gasteiger partial charge in [-0.2, -0.15) is 0 Å². The van der Waals surface area contributed by atoms with Crippen LogP contribution in [-0.4, -0.2) is 30.1 Å². The highest BCUT2D eigenvalue weighted by atomic mass is 15.1. The van der Waals surface area contributed by atoms with E-state index in [1.165, 1.54) is 38.6 Å². The van der Waals surface area contributed by atoms with Gasteiger partial charge in [-0.05, 0) is 59.0 Å². The molecule has 0 aromatic rings. The quantitative estimate of drug-likeness (QED) is 0.781. The summed E-state index contributed by atoms with van der Waals surface area (Å²) in [6.07, 6.45) is 8.01. The summed E-state index contributed by atoms with van der Waals surface area (Å²) in [5.74, 6) is 0.879. The maximum absolute atomic E-state index is 6.01. The Morgan fingerprint density at radius 3 is 2.44 bits per heavy atom. The van der Waals surface area contributed by atoms with Gasteiger partial charge in [-0.25, -0.2) is 0 Å². The Balaban J connectivity index is 2.25. The average Bonchev–Trinajstić information content (AvgIpc) is 2.16. The lowest BCUT2D eigenvalue weighted by Gasteiger charge is -2.36. The van der Waals surface area contributed by atoms with E-state index in [4.69, 9.17) is 5.73 Å². The third-order valence-electron chi connectivity index (χ3n) is 3.96. The highest BCUT2D eigenvalue weighted by molar-refractivity contribution is 4.80. The second-order valence-corrected chi connectivity index (χ2v) is 6.40. The summed E-state index contributed by atoms with van der Waals surface area (Å²) >= 11 is 0. The number of nitrogens with two attached hydrogens (primary N) is 1. The van der Waals surface area contributed by atoms with Crippen LogP contribution in [-0.2, 0) is 0 Å². The van der Waals surface area contributed by atoms with Gasteiger partial charge in [0.1, 0.15) is 0 Å². The molecule has 0 saturated heterocycles. The number of hydrogen-bond acceptors (Lipinski definition) is 2. The lowest BCUT2D eigenvalue weighted by molar-refractivity contribution is 0.135.